The number of para-hydroxylation sites is 1. The molecule has 1 N–H and O–H groups in total. The van der Waals surface area contributed by atoms with E-state index < -0.39 is 23.9 Å². The van der Waals surface area contributed by atoms with Gasteiger partial charge in [0.1, 0.15) is 6.04 Å². The average Bonchev–Trinajstić information content (AvgIpc) is 3.31. The van der Waals surface area contributed by atoms with Crippen LogP contribution >= 0.6 is 27.5 Å². The van der Waals surface area contributed by atoms with E-state index in [0.717, 1.165) is 20.5 Å². The van der Waals surface area contributed by atoms with Crippen LogP contribution in [0.25, 0.3) is 0 Å². The van der Waals surface area contributed by atoms with Crippen molar-refractivity contribution in [3.63, 3.8) is 0 Å². The maximum Gasteiger partial charge on any atom is 0.268 e. The van der Waals surface area contributed by atoms with E-state index in [0.29, 0.717) is 16.3 Å². The fourth-order valence-electron chi connectivity index (χ4n) is 4.60. The van der Waals surface area contributed by atoms with Gasteiger partial charge in [0.15, 0.2) is 0 Å². The number of hydrogen-bond donors (Lipinski definition) is 1. The van der Waals surface area contributed by atoms with Gasteiger partial charge in [-0.2, -0.15) is 0 Å². The third kappa shape index (κ3) is 3.57. The molecule has 5 rings (SSSR count). The van der Waals surface area contributed by atoms with Crippen LogP contribution in [0.2, 0.25) is 5.02 Å². The number of fused-ring (bicyclic) bond motifs is 1. The Balaban J connectivity index is 1.62. The van der Waals surface area contributed by atoms with Crippen LogP contribution in [0.5, 0.6) is 0 Å². The van der Waals surface area contributed by atoms with Crippen LogP contribution in [-0.2, 0) is 9.59 Å². The number of aryl methyl sites for hydroxylation is 1. The molecule has 0 aromatic heterocycles. The van der Waals surface area contributed by atoms with Crippen molar-refractivity contribution in [2.45, 2.75) is 19.0 Å². The summed E-state index contributed by atoms with van der Waals surface area (Å²) in [7, 11) is 0. The van der Waals surface area contributed by atoms with Gasteiger partial charge in [0.05, 0.1) is 22.7 Å². The SMILES string of the molecule is Cc1ccccc1[C@@H]1NN(C(=O)c2cccc(Br)c2)[C@@H]2C(=O)N(c3ccccc3Cl)C(=O)[C@H]21. The van der Waals surface area contributed by atoms with Crippen molar-refractivity contribution in [3.8, 4) is 0 Å². The lowest BCUT2D eigenvalue weighted by atomic mass is 9.88. The summed E-state index contributed by atoms with van der Waals surface area (Å²) in [6, 6.07) is 19.8. The largest absolute Gasteiger partial charge is 0.274 e. The first-order valence-electron chi connectivity index (χ1n) is 10.4. The van der Waals surface area contributed by atoms with Gasteiger partial charge in [0.2, 0.25) is 5.91 Å². The third-order valence-corrected chi connectivity index (χ3v) is 6.95. The molecule has 166 valence electrons. The number of benzene rings is 3. The van der Waals surface area contributed by atoms with Crippen molar-refractivity contribution < 1.29 is 14.4 Å². The van der Waals surface area contributed by atoms with E-state index in [1.54, 1.807) is 42.5 Å². The zero-order valence-corrected chi connectivity index (χ0v) is 19.9. The van der Waals surface area contributed by atoms with E-state index in [2.05, 4.69) is 21.4 Å². The van der Waals surface area contributed by atoms with E-state index in [9.17, 15) is 14.4 Å². The van der Waals surface area contributed by atoms with Gasteiger partial charge in [-0.05, 0) is 48.4 Å². The van der Waals surface area contributed by atoms with Gasteiger partial charge in [0, 0.05) is 10.0 Å². The van der Waals surface area contributed by atoms with Crippen molar-refractivity contribution in [2.75, 3.05) is 4.90 Å². The molecule has 0 spiro atoms. The van der Waals surface area contributed by atoms with E-state index in [1.807, 2.05) is 37.3 Å². The number of hydrogen-bond acceptors (Lipinski definition) is 4. The van der Waals surface area contributed by atoms with Crippen molar-refractivity contribution >= 4 is 50.9 Å². The van der Waals surface area contributed by atoms with E-state index in [-0.39, 0.29) is 11.8 Å². The molecule has 2 aliphatic heterocycles. The number of carbonyl (C=O) groups is 3. The zero-order chi connectivity index (χ0) is 23.3. The molecule has 2 aliphatic rings. The summed E-state index contributed by atoms with van der Waals surface area (Å²) >= 11 is 9.72. The van der Waals surface area contributed by atoms with Crippen molar-refractivity contribution in [3.05, 3.63) is 99.0 Å². The minimum atomic E-state index is -0.995. The molecule has 33 heavy (non-hydrogen) atoms. The molecule has 2 fully saturated rings. The van der Waals surface area contributed by atoms with Crippen molar-refractivity contribution in [1.82, 2.24) is 10.4 Å². The molecule has 0 bridgehead atoms. The van der Waals surface area contributed by atoms with Gasteiger partial charge in [-0.15, -0.1) is 0 Å². The molecule has 0 radical (unpaired) electrons. The maximum absolute atomic E-state index is 13.7. The number of amides is 3. The first-order valence-corrected chi connectivity index (χ1v) is 11.6. The lowest BCUT2D eigenvalue weighted by molar-refractivity contribution is -0.123. The second-order valence-corrected chi connectivity index (χ2v) is 9.41. The smallest absolute Gasteiger partial charge is 0.268 e. The third-order valence-electron chi connectivity index (χ3n) is 6.14. The molecular weight excluding hydrogens is 506 g/mol. The number of rotatable bonds is 3. The summed E-state index contributed by atoms with van der Waals surface area (Å²) < 4.78 is 0.742. The fourth-order valence-corrected chi connectivity index (χ4v) is 5.22. The Morgan fingerprint density at radius 1 is 0.970 bits per heavy atom. The first kappa shape index (κ1) is 21.8. The van der Waals surface area contributed by atoms with E-state index in [1.165, 1.54) is 5.01 Å². The van der Waals surface area contributed by atoms with Crippen LogP contribution in [0.1, 0.15) is 27.5 Å². The van der Waals surface area contributed by atoms with Crippen LogP contribution in [-0.4, -0.2) is 28.8 Å². The van der Waals surface area contributed by atoms with Crippen LogP contribution < -0.4 is 10.3 Å². The predicted octanol–water partition coefficient (Wildman–Crippen LogP) is 4.67. The number of anilines is 1. The molecule has 2 heterocycles. The number of hydrazine groups is 1. The van der Waals surface area contributed by atoms with E-state index in [4.69, 9.17) is 11.6 Å². The molecule has 3 atom stereocenters. The highest BCUT2D eigenvalue weighted by Gasteiger charge is 2.60. The Morgan fingerprint density at radius 3 is 2.42 bits per heavy atom. The number of halogens is 2. The Kier molecular flexibility index (Phi) is 5.56. The van der Waals surface area contributed by atoms with Gasteiger partial charge in [0.25, 0.3) is 11.8 Å². The standard InChI is InChI=1S/C25H19BrClN3O3/c1-14-7-2-3-10-17(14)21-20-22(30(28-21)23(31)15-8-6-9-16(26)13-15)25(33)29(24(20)32)19-12-5-4-11-18(19)27/h2-13,20-22,28H,1H3/t20-,21-,22-/m0/s1. The second-order valence-electron chi connectivity index (χ2n) is 8.08. The molecule has 3 aromatic carbocycles. The quantitative estimate of drug-likeness (QED) is 0.506. The number of imide groups is 1. The van der Waals surface area contributed by atoms with Crippen LogP contribution in [0.4, 0.5) is 5.69 Å². The van der Waals surface area contributed by atoms with Gasteiger partial charge in [-0.25, -0.2) is 10.3 Å². The summed E-state index contributed by atoms with van der Waals surface area (Å²) in [5.74, 6) is -2.04. The minimum Gasteiger partial charge on any atom is -0.274 e. The monoisotopic (exact) mass is 523 g/mol. The summed E-state index contributed by atoms with van der Waals surface area (Å²) in [6.07, 6.45) is 0. The maximum atomic E-state index is 13.7. The molecule has 6 nitrogen and oxygen atoms in total. The van der Waals surface area contributed by atoms with Gasteiger partial charge in [-0.3, -0.25) is 19.4 Å². The molecule has 0 saturated carbocycles. The molecule has 3 aromatic rings. The van der Waals surface area contributed by atoms with Crippen molar-refractivity contribution in [2.24, 2.45) is 5.92 Å². The van der Waals surface area contributed by atoms with Crippen molar-refractivity contribution in [1.29, 1.82) is 0 Å². The van der Waals surface area contributed by atoms with Crippen LogP contribution in [0.15, 0.2) is 77.3 Å². The van der Waals surface area contributed by atoms with Gasteiger partial charge in [-0.1, -0.05) is 70.0 Å². The highest BCUT2D eigenvalue weighted by molar-refractivity contribution is 9.10. The normalized spacial score (nSPS) is 22.1. The Hall–Kier alpha value is -3.00. The summed E-state index contributed by atoms with van der Waals surface area (Å²) in [5.41, 5.74) is 5.72. The summed E-state index contributed by atoms with van der Waals surface area (Å²) in [4.78, 5) is 41.9. The predicted molar refractivity (Wildman–Crippen MR) is 129 cm³/mol. The zero-order valence-electron chi connectivity index (χ0n) is 17.5. The topological polar surface area (TPSA) is 69.7 Å². The van der Waals surface area contributed by atoms with Crippen LogP contribution in [0.3, 0.4) is 0 Å². The number of carbonyl (C=O) groups excluding carboxylic acids is 3. The number of nitrogens with zero attached hydrogens (tertiary/aromatic N) is 2. The highest BCUT2D eigenvalue weighted by atomic mass is 79.9. The molecule has 8 heteroatoms. The summed E-state index contributed by atoms with van der Waals surface area (Å²) in [6.45, 7) is 1.94. The Labute approximate surface area is 204 Å². The second kappa shape index (κ2) is 8.41. The van der Waals surface area contributed by atoms with Gasteiger partial charge >= 0.3 is 0 Å². The molecule has 0 unspecified atom stereocenters. The molecular formula is C25H19BrClN3O3. The lowest BCUT2D eigenvalue weighted by Gasteiger charge is -2.26. The minimum absolute atomic E-state index is 0.296. The number of nitrogens with one attached hydrogen (secondary N) is 1. The highest BCUT2D eigenvalue weighted by Crippen LogP contribution is 2.44. The van der Waals surface area contributed by atoms with E-state index >= 15 is 0 Å². The molecule has 0 aliphatic carbocycles. The Morgan fingerprint density at radius 2 is 1.70 bits per heavy atom. The molecule has 3 amide bonds. The van der Waals surface area contributed by atoms with Gasteiger partial charge < -0.3 is 0 Å². The Bertz CT molecular complexity index is 1300. The average molecular weight is 525 g/mol. The van der Waals surface area contributed by atoms with Crippen LogP contribution in [0, 0.1) is 12.8 Å². The first-order chi connectivity index (χ1) is 15.9. The molecule has 2 saturated heterocycles. The fraction of sp³-hybridized carbons (Fsp3) is 0.160. The lowest BCUT2D eigenvalue weighted by Crippen LogP contribution is -2.48. The summed E-state index contributed by atoms with van der Waals surface area (Å²) in [5, 5.41) is 1.60.